The molecule has 226 valence electrons. The number of aliphatic carboxylic acids is 1. The van der Waals surface area contributed by atoms with E-state index in [-0.39, 0.29) is 16.1 Å². The standard InChI is InChI=1S/C26H29N3O5S.C2HF3O2/c1-2-34-22-8-10-23(11-9-22)35(32,33)28-24-17-21(26(30)31)18-27-25(24)29-14-12-20(13-15-29)16-19-6-4-3-5-7-19;3-2(4,5)1(6)7/h3-11,17-18,20,28H,2,12-16H2,1H3,(H,30,31);(H,6,7). The summed E-state index contributed by atoms with van der Waals surface area (Å²) in [5.41, 5.74) is 1.37. The van der Waals surface area contributed by atoms with E-state index in [9.17, 15) is 31.5 Å². The van der Waals surface area contributed by atoms with E-state index in [4.69, 9.17) is 14.6 Å². The maximum atomic E-state index is 13.1. The number of anilines is 2. The Bertz CT molecular complexity index is 1460. The molecule has 0 atom stereocenters. The Morgan fingerprint density at radius 3 is 2.17 bits per heavy atom. The predicted octanol–water partition coefficient (Wildman–Crippen LogP) is 5.07. The molecular formula is C28H30F3N3O7S. The Balaban J connectivity index is 0.000000616. The number of hydrogen-bond acceptors (Lipinski definition) is 7. The summed E-state index contributed by atoms with van der Waals surface area (Å²) in [5, 5.41) is 16.6. The molecular weight excluding hydrogens is 579 g/mol. The van der Waals surface area contributed by atoms with Crippen LogP contribution in [0.15, 0.2) is 71.8 Å². The molecule has 0 bridgehead atoms. The molecule has 0 amide bonds. The van der Waals surface area contributed by atoms with Crippen molar-refractivity contribution in [3.8, 4) is 5.75 Å². The zero-order valence-electron chi connectivity index (χ0n) is 22.5. The van der Waals surface area contributed by atoms with Crippen LogP contribution in [0.2, 0.25) is 0 Å². The molecule has 1 saturated heterocycles. The quantitative estimate of drug-likeness (QED) is 0.303. The van der Waals surface area contributed by atoms with Crippen molar-refractivity contribution in [1.82, 2.24) is 4.98 Å². The van der Waals surface area contributed by atoms with Gasteiger partial charge in [0, 0.05) is 19.3 Å². The molecule has 1 aliphatic heterocycles. The average Bonchev–Trinajstić information content (AvgIpc) is 2.94. The van der Waals surface area contributed by atoms with Crippen molar-refractivity contribution in [1.29, 1.82) is 0 Å². The molecule has 3 aromatic rings. The van der Waals surface area contributed by atoms with E-state index in [1.807, 2.05) is 30.0 Å². The highest BCUT2D eigenvalue weighted by Crippen LogP contribution is 2.32. The molecule has 10 nitrogen and oxygen atoms in total. The lowest BCUT2D eigenvalue weighted by molar-refractivity contribution is -0.192. The summed E-state index contributed by atoms with van der Waals surface area (Å²) < 4.78 is 65.9. The van der Waals surface area contributed by atoms with E-state index in [0.29, 0.717) is 37.2 Å². The molecule has 42 heavy (non-hydrogen) atoms. The van der Waals surface area contributed by atoms with Crippen LogP contribution in [-0.4, -0.2) is 61.4 Å². The fourth-order valence-corrected chi connectivity index (χ4v) is 5.34. The molecule has 0 aliphatic carbocycles. The number of carbonyl (C=O) groups is 2. The van der Waals surface area contributed by atoms with Gasteiger partial charge in [-0.25, -0.2) is 23.0 Å². The molecule has 14 heteroatoms. The molecule has 1 aliphatic rings. The van der Waals surface area contributed by atoms with Gasteiger partial charge in [-0.3, -0.25) is 4.72 Å². The number of nitrogens with one attached hydrogen (secondary N) is 1. The highest BCUT2D eigenvalue weighted by Gasteiger charge is 2.38. The number of aromatic carboxylic acids is 1. The Labute approximate surface area is 240 Å². The number of carboxylic acid groups (broad SMARTS) is 2. The van der Waals surface area contributed by atoms with Crippen LogP contribution in [0.3, 0.4) is 0 Å². The Morgan fingerprint density at radius 1 is 1.05 bits per heavy atom. The summed E-state index contributed by atoms with van der Waals surface area (Å²) in [6.45, 7) is 3.73. The monoisotopic (exact) mass is 609 g/mol. The van der Waals surface area contributed by atoms with Crippen LogP contribution in [0.1, 0.15) is 35.7 Å². The molecule has 0 spiro atoms. The molecule has 4 rings (SSSR count). The number of rotatable bonds is 9. The van der Waals surface area contributed by atoms with E-state index < -0.39 is 28.1 Å². The van der Waals surface area contributed by atoms with Gasteiger partial charge in [-0.05, 0) is 68.0 Å². The van der Waals surface area contributed by atoms with Crippen LogP contribution in [-0.2, 0) is 21.2 Å². The average molecular weight is 610 g/mol. The molecule has 0 saturated carbocycles. The maximum Gasteiger partial charge on any atom is 0.490 e. The van der Waals surface area contributed by atoms with Crippen LogP contribution in [0.25, 0.3) is 0 Å². The number of sulfonamides is 1. The van der Waals surface area contributed by atoms with Gasteiger partial charge < -0.3 is 19.8 Å². The second kappa shape index (κ2) is 14.0. The molecule has 0 unspecified atom stereocenters. The number of pyridine rings is 1. The number of ether oxygens (including phenoxy) is 1. The SMILES string of the molecule is CCOc1ccc(S(=O)(=O)Nc2cc(C(=O)O)cnc2N2CCC(Cc3ccccc3)CC2)cc1.O=C(O)C(F)(F)F. The van der Waals surface area contributed by atoms with Crippen LogP contribution < -0.4 is 14.4 Å². The molecule has 0 radical (unpaired) electrons. The van der Waals surface area contributed by atoms with Gasteiger partial charge in [-0.1, -0.05) is 30.3 Å². The van der Waals surface area contributed by atoms with Gasteiger partial charge in [0.05, 0.1) is 22.8 Å². The third kappa shape index (κ3) is 9.09. The maximum absolute atomic E-state index is 13.1. The summed E-state index contributed by atoms with van der Waals surface area (Å²) in [6.07, 6.45) is -0.954. The fraction of sp³-hybridized carbons (Fsp3) is 0.321. The van der Waals surface area contributed by atoms with E-state index in [1.165, 1.54) is 30.0 Å². The van der Waals surface area contributed by atoms with Gasteiger partial charge in [0.25, 0.3) is 10.0 Å². The summed E-state index contributed by atoms with van der Waals surface area (Å²) in [7, 11) is -3.97. The molecule has 2 aromatic carbocycles. The van der Waals surface area contributed by atoms with Crippen molar-refractivity contribution in [3.05, 3.63) is 78.0 Å². The van der Waals surface area contributed by atoms with E-state index in [0.717, 1.165) is 19.3 Å². The highest BCUT2D eigenvalue weighted by atomic mass is 32.2. The number of piperidine rings is 1. The molecule has 1 aromatic heterocycles. The predicted molar refractivity (Wildman–Crippen MR) is 148 cm³/mol. The number of aromatic nitrogens is 1. The van der Waals surface area contributed by atoms with Gasteiger partial charge in [0.2, 0.25) is 0 Å². The number of halogens is 3. The first kappa shape index (κ1) is 32.2. The number of carboxylic acids is 2. The topological polar surface area (TPSA) is 146 Å². The van der Waals surface area contributed by atoms with Crippen molar-refractivity contribution in [3.63, 3.8) is 0 Å². The third-order valence-corrected chi connectivity index (χ3v) is 7.71. The third-order valence-electron chi connectivity index (χ3n) is 6.33. The summed E-state index contributed by atoms with van der Waals surface area (Å²) in [6, 6.07) is 17.8. The minimum Gasteiger partial charge on any atom is -0.494 e. The summed E-state index contributed by atoms with van der Waals surface area (Å²) in [5.74, 6) is -2.40. The minimum atomic E-state index is -5.08. The number of hydrogen-bond donors (Lipinski definition) is 3. The van der Waals surface area contributed by atoms with Crippen LogP contribution >= 0.6 is 0 Å². The lowest BCUT2D eigenvalue weighted by Gasteiger charge is -2.34. The van der Waals surface area contributed by atoms with Crippen molar-refractivity contribution in [2.75, 3.05) is 29.3 Å². The van der Waals surface area contributed by atoms with Gasteiger partial charge in [-0.15, -0.1) is 0 Å². The normalized spacial score (nSPS) is 14.0. The first-order chi connectivity index (χ1) is 19.8. The first-order valence-electron chi connectivity index (χ1n) is 12.9. The van der Waals surface area contributed by atoms with Crippen molar-refractivity contribution < 1.29 is 46.1 Å². The van der Waals surface area contributed by atoms with Crippen LogP contribution in [0, 0.1) is 5.92 Å². The molecule has 2 heterocycles. The van der Waals surface area contributed by atoms with Gasteiger partial charge >= 0.3 is 18.1 Å². The van der Waals surface area contributed by atoms with Crippen molar-refractivity contribution >= 4 is 33.5 Å². The zero-order chi connectivity index (χ0) is 30.9. The smallest absolute Gasteiger partial charge is 0.490 e. The highest BCUT2D eigenvalue weighted by molar-refractivity contribution is 7.92. The Hall–Kier alpha value is -4.33. The molecule has 1 fully saturated rings. The number of alkyl halides is 3. The lowest BCUT2D eigenvalue weighted by atomic mass is 9.90. The first-order valence-corrected chi connectivity index (χ1v) is 14.4. The lowest BCUT2D eigenvalue weighted by Crippen LogP contribution is -2.35. The van der Waals surface area contributed by atoms with Gasteiger partial charge in [-0.2, -0.15) is 13.2 Å². The summed E-state index contributed by atoms with van der Waals surface area (Å²) >= 11 is 0. The van der Waals surface area contributed by atoms with Crippen LogP contribution in [0.4, 0.5) is 24.7 Å². The van der Waals surface area contributed by atoms with Gasteiger partial charge in [0.1, 0.15) is 5.75 Å². The van der Waals surface area contributed by atoms with Crippen LogP contribution in [0.5, 0.6) is 5.75 Å². The Morgan fingerprint density at radius 2 is 1.64 bits per heavy atom. The summed E-state index contributed by atoms with van der Waals surface area (Å²) in [4.78, 5) is 26.9. The zero-order valence-corrected chi connectivity index (χ0v) is 23.4. The Kier molecular flexibility index (Phi) is 10.8. The van der Waals surface area contributed by atoms with E-state index in [1.54, 1.807) is 12.1 Å². The largest absolute Gasteiger partial charge is 0.494 e. The van der Waals surface area contributed by atoms with E-state index >= 15 is 0 Å². The second-order valence-electron chi connectivity index (χ2n) is 9.33. The van der Waals surface area contributed by atoms with Crippen molar-refractivity contribution in [2.24, 2.45) is 5.92 Å². The number of nitrogens with zero attached hydrogens (tertiary/aromatic N) is 2. The molecule has 3 N–H and O–H groups in total. The minimum absolute atomic E-state index is 0.0502. The van der Waals surface area contributed by atoms with Gasteiger partial charge in [0.15, 0.2) is 5.82 Å². The van der Waals surface area contributed by atoms with Crippen molar-refractivity contribution in [2.45, 2.75) is 37.3 Å². The fourth-order valence-electron chi connectivity index (χ4n) is 4.28. The van der Waals surface area contributed by atoms with E-state index in [2.05, 4.69) is 21.8 Å². The number of benzene rings is 2. The second-order valence-corrected chi connectivity index (χ2v) is 11.0.